The van der Waals surface area contributed by atoms with Crippen molar-refractivity contribution >= 4 is 18.5 Å². The number of carbonyl (C=O) groups excluding carboxylic acids is 2. The molecule has 0 aromatic heterocycles. The number of halogens is 1. The Hall–Kier alpha value is -2.95. The third-order valence-electron chi connectivity index (χ3n) is 3.05. The van der Waals surface area contributed by atoms with Crippen molar-refractivity contribution in [3.63, 3.8) is 0 Å². The van der Waals surface area contributed by atoms with E-state index in [4.69, 9.17) is 4.74 Å². The van der Waals surface area contributed by atoms with Crippen LogP contribution in [0.2, 0.25) is 0 Å². The first-order chi connectivity index (χ1) is 11.2. The third kappa shape index (κ3) is 5.39. The van der Waals surface area contributed by atoms with E-state index in [0.717, 1.165) is 5.56 Å². The van der Waals surface area contributed by atoms with Crippen molar-refractivity contribution in [2.75, 3.05) is 6.54 Å². The van der Waals surface area contributed by atoms with Crippen LogP contribution in [0, 0.1) is 5.82 Å². The van der Waals surface area contributed by atoms with Gasteiger partial charge in [0.25, 0.3) is 0 Å². The monoisotopic (exact) mass is 313 g/mol. The summed E-state index contributed by atoms with van der Waals surface area (Å²) >= 11 is 0. The Balaban J connectivity index is 1.79. The lowest BCUT2D eigenvalue weighted by Crippen LogP contribution is -2.24. The maximum Gasteiger partial charge on any atom is 0.407 e. The standard InChI is InChI=1S/C18H16FNO3/c19-17-9-8-16(12-21)15(11-17)7-4-10-20-18(22)23-13-14-5-2-1-3-6-14/h1-9,11-12H,10,13H2,(H,20,22). The van der Waals surface area contributed by atoms with Gasteiger partial charge < -0.3 is 10.1 Å². The minimum Gasteiger partial charge on any atom is -0.445 e. The minimum atomic E-state index is -0.548. The molecule has 0 saturated carbocycles. The molecule has 0 unspecified atom stereocenters. The molecule has 0 aliphatic heterocycles. The predicted molar refractivity (Wildman–Crippen MR) is 85.5 cm³/mol. The molecule has 0 heterocycles. The number of hydrogen-bond donors (Lipinski definition) is 1. The highest BCUT2D eigenvalue weighted by Crippen LogP contribution is 2.11. The first-order valence-corrected chi connectivity index (χ1v) is 7.05. The molecule has 0 saturated heterocycles. The summed E-state index contributed by atoms with van der Waals surface area (Å²) < 4.78 is 18.2. The highest BCUT2D eigenvalue weighted by Gasteiger charge is 2.02. The summed E-state index contributed by atoms with van der Waals surface area (Å²) in [6.07, 6.45) is 3.30. The summed E-state index contributed by atoms with van der Waals surface area (Å²) in [7, 11) is 0. The summed E-state index contributed by atoms with van der Waals surface area (Å²) in [4.78, 5) is 22.4. The van der Waals surface area contributed by atoms with Gasteiger partial charge >= 0.3 is 6.09 Å². The number of amides is 1. The Kier molecular flexibility index (Phi) is 6.06. The summed E-state index contributed by atoms with van der Waals surface area (Å²) in [6.45, 7) is 0.401. The molecule has 23 heavy (non-hydrogen) atoms. The van der Waals surface area contributed by atoms with Gasteiger partial charge in [-0.1, -0.05) is 42.5 Å². The molecule has 0 bridgehead atoms. The van der Waals surface area contributed by atoms with Gasteiger partial charge in [0.15, 0.2) is 6.29 Å². The van der Waals surface area contributed by atoms with Gasteiger partial charge in [0.05, 0.1) is 0 Å². The molecular formula is C18H16FNO3. The molecule has 1 amide bonds. The zero-order valence-corrected chi connectivity index (χ0v) is 12.4. The summed E-state index contributed by atoms with van der Waals surface area (Å²) in [5.41, 5.74) is 1.74. The fourth-order valence-corrected chi connectivity index (χ4v) is 1.90. The normalized spacial score (nSPS) is 10.5. The predicted octanol–water partition coefficient (Wildman–Crippen LogP) is 3.58. The molecule has 2 aromatic carbocycles. The maximum absolute atomic E-state index is 13.1. The molecule has 0 radical (unpaired) electrons. The Morgan fingerprint density at radius 2 is 1.91 bits per heavy atom. The second-order valence-corrected chi connectivity index (χ2v) is 4.74. The van der Waals surface area contributed by atoms with Crippen molar-refractivity contribution in [2.24, 2.45) is 0 Å². The molecule has 0 aliphatic carbocycles. The van der Waals surface area contributed by atoms with Crippen LogP contribution in [0.25, 0.3) is 6.08 Å². The van der Waals surface area contributed by atoms with Crippen molar-refractivity contribution < 1.29 is 18.7 Å². The van der Waals surface area contributed by atoms with Crippen molar-refractivity contribution in [1.82, 2.24) is 5.32 Å². The molecule has 0 atom stereocenters. The van der Waals surface area contributed by atoms with Gasteiger partial charge in [-0.3, -0.25) is 4.79 Å². The number of aldehydes is 1. The third-order valence-corrected chi connectivity index (χ3v) is 3.05. The van der Waals surface area contributed by atoms with Gasteiger partial charge in [-0.05, 0) is 29.3 Å². The van der Waals surface area contributed by atoms with Crippen LogP contribution in [0.15, 0.2) is 54.6 Å². The van der Waals surface area contributed by atoms with Crippen LogP contribution in [0.3, 0.4) is 0 Å². The van der Waals surface area contributed by atoms with Crippen LogP contribution in [0.4, 0.5) is 9.18 Å². The van der Waals surface area contributed by atoms with Crippen molar-refractivity contribution in [3.8, 4) is 0 Å². The first kappa shape index (κ1) is 16.4. The van der Waals surface area contributed by atoms with E-state index in [9.17, 15) is 14.0 Å². The largest absolute Gasteiger partial charge is 0.445 e. The number of ether oxygens (including phenoxy) is 1. The Morgan fingerprint density at radius 1 is 1.13 bits per heavy atom. The summed E-state index contributed by atoms with van der Waals surface area (Å²) in [6, 6.07) is 13.2. The van der Waals surface area contributed by atoms with E-state index >= 15 is 0 Å². The second-order valence-electron chi connectivity index (χ2n) is 4.74. The summed E-state index contributed by atoms with van der Waals surface area (Å²) in [5, 5.41) is 2.55. The topological polar surface area (TPSA) is 55.4 Å². The van der Waals surface area contributed by atoms with Gasteiger partial charge in [-0.25, -0.2) is 9.18 Å². The molecule has 0 spiro atoms. The minimum absolute atomic E-state index is 0.190. The van der Waals surface area contributed by atoms with E-state index in [0.29, 0.717) is 17.4 Å². The van der Waals surface area contributed by atoms with Gasteiger partial charge in [0, 0.05) is 12.1 Å². The molecule has 0 fully saturated rings. The molecule has 5 heteroatoms. The van der Waals surface area contributed by atoms with E-state index in [1.807, 2.05) is 30.3 Å². The van der Waals surface area contributed by atoms with Crippen LogP contribution >= 0.6 is 0 Å². The van der Waals surface area contributed by atoms with Crippen molar-refractivity contribution in [2.45, 2.75) is 6.61 Å². The van der Waals surface area contributed by atoms with Crippen molar-refractivity contribution in [3.05, 3.63) is 77.1 Å². The lowest BCUT2D eigenvalue weighted by atomic mass is 10.1. The smallest absolute Gasteiger partial charge is 0.407 e. The number of benzene rings is 2. The number of alkyl carbamates (subject to hydrolysis) is 1. The molecule has 2 aromatic rings. The van der Waals surface area contributed by atoms with E-state index in [2.05, 4.69) is 5.32 Å². The number of carbonyl (C=O) groups is 2. The van der Waals surface area contributed by atoms with E-state index in [1.165, 1.54) is 18.2 Å². The molecule has 1 N–H and O–H groups in total. The van der Waals surface area contributed by atoms with Gasteiger partial charge in [0.2, 0.25) is 0 Å². The van der Waals surface area contributed by atoms with Crippen LogP contribution in [0.5, 0.6) is 0 Å². The Morgan fingerprint density at radius 3 is 2.65 bits per heavy atom. The number of nitrogens with one attached hydrogen (secondary N) is 1. The first-order valence-electron chi connectivity index (χ1n) is 7.05. The second kappa shape index (κ2) is 8.48. The summed E-state index contributed by atoms with van der Waals surface area (Å²) in [5.74, 6) is -0.425. The lowest BCUT2D eigenvalue weighted by Gasteiger charge is -2.05. The Bertz CT molecular complexity index is 699. The SMILES string of the molecule is O=Cc1ccc(F)cc1C=CCNC(=O)OCc1ccccc1. The van der Waals surface area contributed by atoms with E-state index < -0.39 is 11.9 Å². The lowest BCUT2D eigenvalue weighted by molar-refractivity contribution is 0.112. The Labute approximate surface area is 133 Å². The van der Waals surface area contributed by atoms with E-state index in [1.54, 1.807) is 12.2 Å². The van der Waals surface area contributed by atoms with Crippen LogP contribution in [0.1, 0.15) is 21.5 Å². The highest BCUT2D eigenvalue weighted by atomic mass is 19.1. The van der Waals surface area contributed by atoms with Crippen LogP contribution in [-0.4, -0.2) is 18.9 Å². The molecule has 4 nitrogen and oxygen atoms in total. The maximum atomic E-state index is 13.1. The van der Waals surface area contributed by atoms with Crippen LogP contribution in [-0.2, 0) is 11.3 Å². The fourth-order valence-electron chi connectivity index (χ4n) is 1.90. The van der Waals surface area contributed by atoms with Gasteiger partial charge in [0.1, 0.15) is 12.4 Å². The zero-order valence-electron chi connectivity index (χ0n) is 12.4. The zero-order chi connectivity index (χ0) is 16.5. The molecule has 118 valence electrons. The quantitative estimate of drug-likeness (QED) is 0.829. The fraction of sp³-hybridized carbons (Fsp3) is 0.111. The van der Waals surface area contributed by atoms with Crippen molar-refractivity contribution in [1.29, 1.82) is 0 Å². The molecule has 0 aliphatic rings. The average molecular weight is 313 g/mol. The van der Waals surface area contributed by atoms with Crippen LogP contribution < -0.4 is 5.32 Å². The number of hydrogen-bond acceptors (Lipinski definition) is 3. The van der Waals surface area contributed by atoms with Gasteiger partial charge in [-0.2, -0.15) is 0 Å². The molecule has 2 rings (SSSR count). The number of rotatable bonds is 6. The van der Waals surface area contributed by atoms with Gasteiger partial charge in [-0.15, -0.1) is 0 Å². The highest BCUT2D eigenvalue weighted by molar-refractivity contribution is 5.81. The van der Waals surface area contributed by atoms with E-state index in [-0.39, 0.29) is 13.2 Å². The average Bonchev–Trinajstić information content (AvgIpc) is 2.58. The molecular weight excluding hydrogens is 297 g/mol.